The molecule has 0 fully saturated rings. The average molecular weight is 385 g/mol. The molecule has 0 spiro atoms. The summed E-state index contributed by atoms with van der Waals surface area (Å²) in [4.78, 5) is 13.9. The van der Waals surface area contributed by atoms with Gasteiger partial charge in [0.15, 0.2) is 0 Å². The van der Waals surface area contributed by atoms with E-state index in [0.29, 0.717) is 0 Å². The number of carbonyl (C=O) groups excluding carboxylic acids is 1. The molecule has 0 aliphatic carbocycles. The van der Waals surface area contributed by atoms with Gasteiger partial charge in [-0.3, -0.25) is 4.79 Å². The molecular formula is C17H18ClFN2O3S. The first-order valence-corrected chi connectivity index (χ1v) is 9.16. The van der Waals surface area contributed by atoms with Gasteiger partial charge in [0.25, 0.3) is 5.91 Å². The van der Waals surface area contributed by atoms with Gasteiger partial charge in [-0.1, -0.05) is 23.7 Å². The molecule has 5 nitrogen and oxygen atoms in total. The van der Waals surface area contributed by atoms with Gasteiger partial charge < -0.3 is 4.90 Å². The fourth-order valence-electron chi connectivity index (χ4n) is 2.19. The second-order valence-electron chi connectivity index (χ2n) is 5.72. The number of halogens is 2. The zero-order chi connectivity index (χ0) is 18.8. The normalized spacial score (nSPS) is 11.6. The van der Waals surface area contributed by atoms with Crippen LogP contribution in [0.1, 0.15) is 15.9 Å². The fraction of sp³-hybridized carbons (Fsp3) is 0.235. The maximum Gasteiger partial charge on any atom is 0.253 e. The molecule has 25 heavy (non-hydrogen) atoms. The first-order valence-electron chi connectivity index (χ1n) is 7.35. The van der Waals surface area contributed by atoms with E-state index in [9.17, 15) is 17.6 Å². The molecule has 0 aliphatic heterocycles. The number of benzene rings is 2. The number of nitrogens with zero attached hydrogens (tertiary/aromatic N) is 2. The molecule has 0 aliphatic rings. The van der Waals surface area contributed by atoms with Crippen molar-refractivity contribution in [3.63, 3.8) is 0 Å². The topological polar surface area (TPSA) is 57.7 Å². The maximum atomic E-state index is 13.0. The molecule has 0 N–H and O–H groups in total. The SMILES string of the molecule is CN(Cc1ccc(F)cc1)C(=O)c1ccc(Cl)c(S(=O)(=O)N(C)C)c1. The Morgan fingerprint density at radius 2 is 1.68 bits per heavy atom. The summed E-state index contributed by atoms with van der Waals surface area (Å²) in [6, 6.07) is 9.93. The van der Waals surface area contributed by atoms with Gasteiger partial charge in [0, 0.05) is 33.3 Å². The van der Waals surface area contributed by atoms with E-state index in [4.69, 9.17) is 11.6 Å². The summed E-state index contributed by atoms with van der Waals surface area (Å²) in [5.41, 5.74) is 0.960. The van der Waals surface area contributed by atoms with Crippen LogP contribution in [0.5, 0.6) is 0 Å². The van der Waals surface area contributed by atoms with Crippen molar-refractivity contribution in [2.75, 3.05) is 21.1 Å². The molecule has 0 bridgehead atoms. The molecule has 2 aromatic rings. The lowest BCUT2D eigenvalue weighted by Gasteiger charge is -2.19. The van der Waals surface area contributed by atoms with Crippen LogP contribution in [0.2, 0.25) is 5.02 Å². The average Bonchev–Trinajstić information content (AvgIpc) is 2.56. The van der Waals surface area contributed by atoms with Gasteiger partial charge in [0.1, 0.15) is 10.7 Å². The van der Waals surface area contributed by atoms with E-state index in [1.165, 1.54) is 49.3 Å². The summed E-state index contributed by atoms with van der Waals surface area (Å²) in [5, 5.41) is 0.0476. The van der Waals surface area contributed by atoms with Crippen LogP contribution >= 0.6 is 11.6 Å². The molecule has 0 saturated carbocycles. The molecule has 2 rings (SSSR count). The molecule has 0 unspecified atom stereocenters. The van der Waals surface area contributed by atoms with Gasteiger partial charge in [0.2, 0.25) is 10.0 Å². The van der Waals surface area contributed by atoms with Crippen LogP contribution in [0.4, 0.5) is 4.39 Å². The van der Waals surface area contributed by atoms with Crippen LogP contribution in [-0.2, 0) is 16.6 Å². The quantitative estimate of drug-likeness (QED) is 0.796. The number of hydrogen-bond donors (Lipinski definition) is 0. The fourth-order valence-corrected chi connectivity index (χ4v) is 3.58. The molecule has 0 saturated heterocycles. The van der Waals surface area contributed by atoms with Gasteiger partial charge >= 0.3 is 0 Å². The van der Waals surface area contributed by atoms with Crippen LogP contribution in [0.15, 0.2) is 47.4 Å². The Balaban J connectivity index is 2.28. The van der Waals surface area contributed by atoms with Gasteiger partial charge in [-0.05, 0) is 35.9 Å². The van der Waals surface area contributed by atoms with E-state index >= 15 is 0 Å². The van der Waals surface area contributed by atoms with E-state index < -0.39 is 10.0 Å². The van der Waals surface area contributed by atoms with Crippen LogP contribution in [0.3, 0.4) is 0 Å². The van der Waals surface area contributed by atoms with Crippen molar-refractivity contribution < 1.29 is 17.6 Å². The Bertz CT molecular complexity index is 883. The standard InChI is InChI=1S/C17H18ClFN2O3S/c1-20(2)25(23,24)16-10-13(6-9-15(16)18)17(22)21(3)11-12-4-7-14(19)8-5-12/h4-10H,11H2,1-3H3. The van der Waals surface area contributed by atoms with E-state index in [-0.39, 0.29) is 33.8 Å². The Kier molecular flexibility index (Phi) is 5.82. The molecule has 0 radical (unpaired) electrons. The molecule has 8 heteroatoms. The third-order valence-electron chi connectivity index (χ3n) is 3.62. The van der Waals surface area contributed by atoms with Crippen molar-refractivity contribution in [3.05, 3.63) is 64.4 Å². The van der Waals surface area contributed by atoms with E-state index in [0.717, 1.165) is 9.87 Å². The molecule has 1 amide bonds. The number of carbonyl (C=O) groups is 1. The minimum Gasteiger partial charge on any atom is -0.337 e. The third-order valence-corrected chi connectivity index (χ3v) is 5.91. The van der Waals surface area contributed by atoms with Crippen molar-refractivity contribution in [1.29, 1.82) is 0 Å². The third kappa shape index (κ3) is 4.36. The monoisotopic (exact) mass is 384 g/mol. The second-order valence-corrected chi connectivity index (χ2v) is 8.25. The van der Waals surface area contributed by atoms with Crippen LogP contribution < -0.4 is 0 Å². The predicted octanol–water partition coefficient (Wildman–Crippen LogP) is 3.00. The smallest absolute Gasteiger partial charge is 0.253 e. The second kappa shape index (κ2) is 7.51. The van der Waals surface area contributed by atoms with Crippen LogP contribution in [0.25, 0.3) is 0 Å². The highest BCUT2D eigenvalue weighted by molar-refractivity contribution is 7.89. The van der Waals surface area contributed by atoms with E-state index in [2.05, 4.69) is 0 Å². The minimum absolute atomic E-state index is 0.0476. The number of amides is 1. The zero-order valence-electron chi connectivity index (χ0n) is 14.0. The molecule has 134 valence electrons. The van der Waals surface area contributed by atoms with Gasteiger partial charge in [-0.15, -0.1) is 0 Å². The van der Waals surface area contributed by atoms with E-state index in [1.807, 2.05) is 0 Å². The maximum absolute atomic E-state index is 13.0. The van der Waals surface area contributed by atoms with E-state index in [1.54, 1.807) is 19.2 Å². The Morgan fingerprint density at radius 1 is 1.08 bits per heavy atom. The highest BCUT2D eigenvalue weighted by Crippen LogP contribution is 2.25. The number of sulfonamides is 1. The Morgan fingerprint density at radius 3 is 2.24 bits per heavy atom. The first kappa shape index (κ1) is 19.4. The lowest BCUT2D eigenvalue weighted by Crippen LogP contribution is -2.27. The van der Waals surface area contributed by atoms with Crippen molar-refractivity contribution >= 4 is 27.5 Å². The predicted molar refractivity (Wildman–Crippen MR) is 94.5 cm³/mol. The molecule has 0 heterocycles. The molecular weight excluding hydrogens is 367 g/mol. The van der Waals surface area contributed by atoms with Crippen molar-refractivity contribution in [1.82, 2.24) is 9.21 Å². The summed E-state index contributed by atoms with van der Waals surface area (Å²) in [6.45, 7) is 0.261. The van der Waals surface area contributed by atoms with Gasteiger partial charge in [0.05, 0.1) is 5.02 Å². The zero-order valence-corrected chi connectivity index (χ0v) is 15.6. The molecule has 0 atom stereocenters. The summed E-state index contributed by atoms with van der Waals surface area (Å²) < 4.78 is 38.6. The Labute approximate surface area is 151 Å². The van der Waals surface area contributed by atoms with Crippen molar-refractivity contribution in [3.8, 4) is 0 Å². The minimum atomic E-state index is -3.76. The van der Waals surface area contributed by atoms with Gasteiger partial charge in [-0.2, -0.15) is 0 Å². The first-order chi connectivity index (χ1) is 11.6. The summed E-state index contributed by atoms with van der Waals surface area (Å²) in [7, 11) is 0.599. The molecule has 2 aromatic carbocycles. The summed E-state index contributed by atoms with van der Waals surface area (Å²) in [5.74, 6) is -0.717. The lowest BCUT2D eigenvalue weighted by atomic mass is 10.1. The Hall–Kier alpha value is -1.96. The highest BCUT2D eigenvalue weighted by atomic mass is 35.5. The van der Waals surface area contributed by atoms with Gasteiger partial charge in [-0.25, -0.2) is 17.1 Å². The summed E-state index contributed by atoms with van der Waals surface area (Å²) >= 11 is 5.99. The van der Waals surface area contributed by atoms with Crippen LogP contribution in [0, 0.1) is 5.82 Å². The number of rotatable bonds is 5. The molecule has 0 aromatic heterocycles. The lowest BCUT2D eigenvalue weighted by molar-refractivity contribution is 0.0785. The number of hydrogen-bond acceptors (Lipinski definition) is 3. The largest absolute Gasteiger partial charge is 0.337 e. The summed E-state index contributed by atoms with van der Waals surface area (Å²) in [6.07, 6.45) is 0. The van der Waals surface area contributed by atoms with Crippen LogP contribution in [-0.4, -0.2) is 44.7 Å². The van der Waals surface area contributed by atoms with Crippen molar-refractivity contribution in [2.45, 2.75) is 11.4 Å². The highest BCUT2D eigenvalue weighted by Gasteiger charge is 2.23. The van der Waals surface area contributed by atoms with Crippen molar-refractivity contribution in [2.24, 2.45) is 0 Å².